The molecule has 0 saturated heterocycles. The zero-order chi connectivity index (χ0) is 26.3. The van der Waals surface area contributed by atoms with Crippen LogP contribution in [0.5, 0.6) is 0 Å². The quantitative estimate of drug-likeness (QED) is 0.251. The van der Waals surface area contributed by atoms with Crippen LogP contribution < -0.4 is 10.6 Å². The summed E-state index contributed by atoms with van der Waals surface area (Å²) in [6.45, 7) is 8.79. The molecule has 0 aliphatic rings. The molecule has 1 unspecified atom stereocenters. The Morgan fingerprint density at radius 3 is 2.25 bits per heavy atom. The summed E-state index contributed by atoms with van der Waals surface area (Å²) in [6.07, 6.45) is 8.28. The summed E-state index contributed by atoms with van der Waals surface area (Å²) >= 11 is 0. The van der Waals surface area contributed by atoms with Crippen LogP contribution in [0, 0.1) is 11.8 Å². The van der Waals surface area contributed by atoms with Gasteiger partial charge in [-0.3, -0.25) is 14.4 Å². The lowest BCUT2D eigenvalue weighted by Crippen LogP contribution is -2.49. The maximum absolute atomic E-state index is 13.0. The van der Waals surface area contributed by atoms with E-state index in [-0.39, 0.29) is 23.7 Å². The van der Waals surface area contributed by atoms with E-state index in [0.717, 1.165) is 61.3 Å². The van der Waals surface area contributed by atoms with Crippen molar-refractivity contribution in [2.24, 2.45) is 11.8 Å². The Hall–Kier alpha value is -2.69. The largest absolute Gasteiger partial charge is 0.354 e. The van der Waals surface area contributed by atoms with Gasteiger partial charge in [0.1, 0.15) is 11.8 Å². The van der Waals surface area contributed by atoms with Gasteiger partial charge in [0, 0.05) is 31.2 Å². The molecule has 2 aromatic carbocycles. The minimum absolute atomic E-state index is 0.101. The summed E-state index contributed by atoms with van der Waals surface area (Å²) in [5, 5.41) is 8.32. The highest BCUT2D eigenvalue weighted by molar-refractivity contribution is 5.89. The molecule has 0 aliphatic heterocycles. The molecule has 2 atom stereocenters. The molecule has 198 valence electrons. The molecule has 0 aliphatic carbocycles. The number of benzene rings is 2. The fourth-order valence-electron chi connectivity index (χ4n) is 4.66. The van der Waals surface area contributed by atoms with Crippen LogP contribution in [0.25, 0.3) is 10.8 Å². The molecule has 0 bridgehead atoms. The molecule has 5 heteroatoms. The minimum atomic E-state index is -0.612. The second kappa shape index (κ2) is 16.1. The number of nitrogens with one attached hydrogen (secondary N) is 2. The van der Waals surface area contributed by atoms with Gasteiger partial charge >= 0.3 is 0 Å². The Morgan fingerprint density at radius 1 is 0.833 bits per heavy atom. The van der Waals surface area contributed by atoms with E-state index < -0.39 is 6.04 Å². The summed E-state index contributed by atoms with van der Waals surface area (Å²) in [4.78, 5) is 38.3. The van der Waals surface area contributed by atoms with E-state index in [1.165, 1.54) is 0 Å². The van der Waals surface area contributed by atoms with Gasteiger partial charge in [-0.2, -0.15) is 0 Å². The van der Waals surface area contributed by atoms with Crippen molar-refractivity contribution >= 4 is 28.4 Å². The maximum Gasteiger partial charge on any atom is 0.242 e. The topological polar surface area (TPSA) is 75.3 Å². The van der Waals surface area contributed by atoms with Crippen molar-refractivity contribution in [1.82, 2.24) is 10.6 Å². The second-order valence-electron chi connectivity index (χ2n) is 10.1. The van der Waals surface area contributed by atoms with Crippen molar-refractivity contribution < 1.29 is 14.4 Å². The van der Waals surface area contributed by atoms with E-state index in [9.17, 15) is 14.4 Å². The van der Waals surface area contributed by atoms with E-state index in [0.29, 0.717) is 31.6 Å². The number of fused-ring (bicyclic) bond motifs is 1. The fraction of sp³-hybridized carbons (Fsp3) is 0.581. The van der Waals surface area contributed by atoms with Gasteiger partial charge in [0.15, 0.2) is 0 Å². The molecule has 2 N–H and O–H groups in total. The number of hydrogen-bond donors (Lipinski definition) is 2. The molecule has 2 aromatic rings. The normalized spacial score (nSPS) is 12.9. The third-order valence-electron chi connectivity index (χ3n) is 7.17. The second-order valence-corrected chi connectivity index (χ2v) is 10.1. The van der Waals surface area contributed by atoms with E-state index in [1.807, 2.05) is 25.1 Å². The fourth-order valence-corrected chi connectivity index (χ4v) is 4.66. The molecule has 36 heavy (non-hydrogen) atoms. The van der Waals surface area contributed by atoms with Crippen molar-refractivity contribution in [3.05, 3.63) is 48.0 Å². The lowest BCUT2D eigenvalue weighted by atomic mass is 9.93. The van der Waals surface area contributed by atoms with Crippen molar-refractivity contribution in [2.45, 2.75) is 97.9 Å². The first-order valence-corrected chi connectivity index (χ1v) is 14.0. The van der Waals surface area contributed by atoms with Crippen molar-refractivity contribution in [3.8, 4) is 0 Å². The predicted octanol–water partition coefficient (Wildman–Crippen LogP) is 6.38. The van der Waals surface area contributed by atoms with Gasteiger partial charge in [-0.25, -0.2) is 0 Å². The van der Waals surface area contributed by atoms with Gasteiger partial charge in [0.05, 0.1) is 0 Å². The summed E-state index contributed by atoms with van der Waals surface area (Å²) in [5.41, 5.74) is 1.02. The Kier molecular flexibility index (Phi) is 13.2. The first-order chi connectivity index (χ1) is 17.4. The van der Waals surface area contributed by atoms with E-state index in [4.69, 9.17) is 0 Å². The molecule has 0 heterocycles. The minimum Gasteiger partial charge on any atom is -0.354 e. The number of rotatable bonds is 17. The van der Waals surface area contributed by atoms with Crippen LogP contribution in [0.15, 0.2) is 42.5 Å². The van der Waals surface area contributed by atoms with Gasteiger partial charge in [0.2, 0.25) is 11.8 Å². The van der Waals surface area contributed by atoms with Crippen LogP contribution in [0.3, 0.4) is 0 Å². The molecule has 2 rings (SSSR count). The van der Waals surface area contributed by atoms with Crippen LogP contribution in [-0.4, -0.2) is 30.2 Å². The van der Waals surface area contributed by atoms with Gasteiger partial charge in [-0.15, -0.1) is 0 Å². The van der Waals surface area contributed by atoms with Crippen LogP contribution in [0.1, 0.15) is 91.0 Å². The van der Waals surface area contributed by atoms with Crippen LogP contribution in [-0.2, 0) is 20.8 Å². The molecule has 0 radical (unpaired) electrons. The van der Waals surface area contributed by atoms with Crippen molar-refractivity contribution in [1.29, 1.82) is 0 Å². The molecule has 2 amide bonds. The number of unbranched alkanes of at least 4 members (excludes halogenated alkanes) is 3. The van der Waals surface area contributed by atoms with E-state index in [1.54, 1.807) is 0 Å². The number of Topliss-reactive ketones (excluding diaryl/α,β-unsaturated/α-hetero) is 1. The van der Waals surface area contributed by atoms with Crippen molar-refractivity contribution in [2.75, 3.05) is 6.54 Å². The highest BCUT2D eigenvalue weighted by Crippen LogP contribution is 2.18. The predicted molar refractivity (Wildman–Crippen MR) is 149 cm³/mol. The number of ketones is 1. The van der Waals surface area contributed by atoms with Crippen molar-refractivity contribution in [3.63, 3.8) is 0 Å². The van der Waals surface area contributed by atoms with Crippen LogP contribution >= 0.6 is 0 Å². The lowest BCUT2D eigenvalue weighted by molar-refractivity contribution is -0.131. The molecule has 0 aromatic heterocycles. The van der Waals surface area contributed by atoms with Gasteiger partial charge in [-0.05, 0) is 48.4 Å². The molecule has 0 spiro atoms. The Labute approximate surface area is 217 Å². The zero-order valence-electron chi connectivity index (χ0n) is 22.8. The standard InChI is InChI=1S/C31H46N2O3/c1-5-8-13-20-32-31(36)28(22-24-18-19-26-15-10-11-16-27(26)21-24)33-30(35)23(4)14-9-12-17-29(34)25(6-2)7-3/h10-11,15-16,18-19,21,23,25,28H,5-9,12-14,17,20,22H2,1-4H3,(H,32,36)(H,33,35)/t23?,28-/m1/s1. The summed E-state index contributed by atoms with van der Waals surface area (Å²) < 4.78 is 0. The Balaban J connectivity index is 1.96. The van der Waals surface area contributed by atoms with E-state index in [2.05, 4.69) is 55.7 Å². The zero-order valence-corrected chi connectivity index (χ0v) is 22.8. The molecule has 5 nitrogen and oxygen atoms in total. The highest BCUT2D eigenvalue weighted by Gasteiger charge is 2.24. The number of carbonyl (C=O) groups excluding carboxylic acids is 3. The monoisotopic (exact) mass is 494 g/mol. The van der Waals surface area contributed by atoms with Crippen LogP contribution in [0.2, 0.25) is 0 Å². The summed E-state index contributed by atoms with van der Waals surface area (Å²) in [7, 11) is 0. The maximum atomic E-state index is 13.0. The molecule has 0 fully saturated rings. The smallest absolute Gasteiger partial charge is 0.242 e. The molecular formula is C31H46N2O3. The summed E-state index contributed by atoms with van der Waals surface area (Å²) in [5.74, 6) is 0.0661. The highest BCUT2D eigenvalue weighted by atomic mass is 16.2. The average Bonchev–Trinajstić information content (AvgIpc) is 2.89. The van der Waals surface area contributed by atoms with Gasteiger partial charge in [-0.1, -0.05) is 89.4 Å². The summed E-state index contributed by atoms with van der Waals surface area (Å²) in [6, 6.07) is 13.7. The Morgan fingerprint density at radius 2 is 1.56 bits per heavy atom. The first kappa shape index (κ1) is 29.5. The van der Waals surface area contributed by atoms with E-state index >= 15 is 0 Å². The van der Waals surface area contributed by atoms with Gasteiger partial charge in [0.25, 0.3) is 0 Å². The van der Waals surface area contributed by atoms with Crippen LogP contribution in [0.4, 0.5) is 0 Å². The third-order valence-corrected chi connectivity index (χ3v) is 7.17. The number of hydrogen-bond acceptors (Lipinski definition) is 3. The first-order valence-electron chi connectivity index (χ1n) is 14.0. The lowest BCUT2D eigenvalue weighted by Gasteiger charge is -2.21. The number of amides is 2. The molecule has 0 saturated carbocycles. The molecular weight excluding hydrogens is 448 g/mol. The average molecular weight is 495 g/mol. The number of carbonyl (C=O) groups is 3. The third kappa shape index (κ3) is 9.75. The SMILES string of the molecule is CCCCCNC(=O)[C@@H](Cc1ccc2ccccc2c1)NC(=O)C(C)CCCCC(=O)C(CC)CC. The van der Waals surface area contributed by atoms with Gasteiger partial charge < -0.3 is 10.6 Å². The Bertz CT molecular complexity index is 967.